The largest absolute Gasteiger partial charge is 0.435 e. The predicted octanol–water partition coefficient (Wildman–Crippen LogP) is 4.17. The molecule has 1 aromatic carbocycles. The van der Waals surface area contributed by atoms with Crippen LogP contribution in [0.5, 0.6) is 0 Å². The highest BCUT2D eigenvalue weighted by molar-refractivity contribution is 6.34. The number of rotatable bonds is 3. The van der Waals surface area contributed by atoms with Gasteiger partial charge in [0, 0.05) is 33.6 Å². The van der Waals surface area contributed by atoms with Crippen molar-refractivity contribution in [3.63, 3.8) is 0 Å². The zero-order chi connectivity index (χ0) is 18.9. The summed E-state index contributed by atoms with van der Waals surface area (Å²) in [5, 5.41) is 14.9. The molecule has 0 bridgehead atoms. The van der Waals surface area contributed by atoms with Gasteiger partial charge in [0.1, 0.15) is 6.21 Å². The van der Waals surface area contributed by atoms with E-state index in [2.05, 4.69) is 20.3 Å². The summed E-state index contributed by atoms with van der Waals surface area (Å²) < 4.78 is 41.6. The molecule has 0 aliphatic carbocycles. The molecule has 1 unspecified atom stereocenters. The summed E-state index contributed by atoms with van der Waals surface area (Å²) in [5.41, 5.74) is -2.74. The average Bonchev–Trinajstić information content (AvgIpc) is 3.01. The van der Waals surface area contributed by atoms with Gasteiger partial charge in [-0.05, 0) is 18.2 Å². The summed E-state index contributed by atoms with van der Waals surface area (Å²) in [6.07, 6.45) is -1.90. The lowest BCUT2D eigenvalue weighted by atomic mass is 9.87. The second-order valence-corrected chi connectivity index (χ2v) is 6.24. The fraction of sp³-hybridized carbons (Fsp3) is 0.200. The molecule has 1 N–H and O–H groups in total. The Morgan fingerprint density at radius 1 is 1.15 bits per heavy atom. The Bertz CT molecular complexity index is 867. The minimum absolute atomic E-state index is 0.00547. The maximum Gasteiger partial charge on any atom is 0.435 e. The van der Waals surface area contributed by atoms with Crippen molar-refractivity contribution in [3.8, 4) is 0 Å². The summed E-state index contributed by atoms with van der Waals surface area (Å²) in [5.74, 6) is 0.0828. The van der Waals surface area contributed by atoms with Crippen LogP contribution in [0.3, 0.4) is 0 Å². The number of nitrogens with zero attached hydrogens (tertiary/aromatic N) is 4. The fourth-order valence-corrected chi connectivity index (χ4v) is 2.98. The molecule has 6 nitrogen and oxygen atoms in total. The van der Waals surface area contributed by atoms with E-state index in [0.29, 0.717) is 0 Å². The van der Waals surface area contributed by atoms with Gasteiger partial charge >= 0.3 is 6.18 Å². The van der Waals surface area contributed by atoms with Crippen LogP contribution in [-0.4, -0.2) is 33.3 Å². The first-order valence-electron chi connectivity index (χ1n) is 7.03. The van der Waals surface area contributed by atoms with Gasteiger partial charge in [-0.15, -0.1) is 0 Å². The molecule has 1 aliphatic heterocycles. The molecule has 0 saturated heterocycles. The lowest BCUT2D eigenvalue weighted by molar-refractivity contribution is -0.275. The van der Waals surface area contributed by atoms with Crippen molar-refractivity contribution in [2.24, 2.45) is 10.3 Å². The van der Waals surface area contributed by atoms with Crippen molar-refractivity contribution in [2.45, 2.75) is 18.2 Å². The molecular weight excluding hydrogens is 396 g/mol. The monoisotopic (exact) mass is 404 g/mol. The molecule has 26 heavy (non-hydrogen) atoms. The van der Waals surface area contributed by atoms with Gasteiger partial charge in [-0.25, -0.2) is 9.97 Å². The summed E-state index contributed by atoms with van der Waals surface area (Å²) in [6.45, 7) is 0. The first-order chi connectivity index (χ1) is 12.2. The van der Waals surface area contributed by atoms with E-state index in [0.717, 1.165) is 18.3 Å². The number of oxime groups is 2. The molecule has 0 spiro atoms. The van der Waals surface area contributed by atoms with Crippen molar-refractivity contribution in [1.29, 1.82) is 0 Å². The third kappa shape index (κ3) is 3.32. The first kappa shape index (κ1) is 18.4. The van der Waals surface area contributed by atoms with E-state index in [-0.39, 0.29) is 32.7 Å². The SMILES string of the molecule is O/N=C/c1ncc(C2=NOC(c3cc(Cl)cc(Cl)c3)(C(F)(F)F)C2)cn1. The lowest BCUT2D eigenvalue weighted by Gasteiger charge is -2.29. The van der Waals surface area contributed by atoms with Crippen molar-refractivity contribution in [1.82, 2.24) is 9.97 Å². The van der Waals surface area contributed by atoms with Gasteiger partial charge in [0.2, 0.25) is 0 Å². The Morgan fingerprint density at radius 3 is 2.31 bits per heavy atom. The van der Waals surface area contributed by atoms with Crippen LogP contribution in [0.4, 0.5) is 13.2 Å². The highest BCUT2D eigenvalue weighted by Crippen LogP contribution is 2.49. The van der Waals surface area contributed by atoms with Crippen molar-refractivity contribution >= 4 is 35.1 Å². The molecule has 2 heterocycles. The van der Waals surface area contributed by atoms with Crippen LogP contribution in [0.2, 0.25) is 10.0 Å². The van der Waals surface area contributed by atoms with E-state index in [1.807, 2.05) is 0 Å². The van der Waals surface area contributed by atoms with Crippen LogP contribution >= 0.6 is 23.2 Å². The van der Waals surface area contributed by atoms with Gasteiger partial charge in [0.15, 0.2) is 5.82 Å². The number of aromatic nitrogens is 2. The van der Waals surface area contributed by atoms with Gasteiger partial charge in [-0.3, -0.25) is 0 Å². The van der Waals surface area contributed by atoms with Crippen molar-refractivity contribution in [2.75, 3.05) is 0 Å². The second kappa shape index (κ2) is 6.73. The van der Waals surface area contributed by atoms with E-state index in [1.165, 1.54) is 18.5 Å². The smallest absolute Gasteiger partial charge is 0.411 e. The normalized spacial score (nSPS) is 20.3. The molecule has 1 atom stereocenters. The topological polar surface area (TPSA) is 80.0 Å². The van der Waals surface area contributed by atoms with Crippen molar-refractivity contribution in [3.05, 3.63) is 57.6 Å². The number of hydrogen-bond donors (Lipinski definition) is 1. The summed E-state index contributed by atoms with van der Waals surface area (Å²) in [6, 6.07) is 3.59. The number of alkyl halides is 3. The Morgan fingerprint density at radius 2 is 1.77 bits per heavy atom. The molecule has 0 fully saturated rings. The van der Waals surface area contributed by atoms with E-state index in [1.54, 1.807) is 0 Å². The molecule has 1 aromatic heterocycles. The van der Waals surface area contributed by atoms with Crippen LogP contribution in [0.1, 0.15) is 23.4 Å². The molecule has 0 radical (unpaired) electrons. The highest BCUT2D eigenvalue weighted by Gasteiger charge is 2.62. The van der Waals surface area contributed by atoms with Crippen LogP contribution in [-0.2, 0) is 10.4 Å². The minimum Gasteiger partial charge on any atom is -0.411 e. The third-order valence-corrected chi connectivity index (χ3v) is 4.13. The van der Waals surface area contributed by atoms with E-state index in [9.17, 15) is 13.2 Å². The van der Waals surface area contributed by atoms with Gasteiger partial charge in [-0.1, -0.05) is 33.5 Å². The number of halogens is 5. The van der Waals surface area contributed by atoms with E-state index < -0.39 is 18.2 Å². The summed E-state index contributed by atoms with van der Waals surface area (Å²) in [4.78, 5) is 12.6. The number of hydrogen-bond acceptors (Lipinski definition) is 6. The second-order valence-electron chi connectivity index (χ2n) is 5.36. The van der Waals surface area contributed by atoms with Crippen molar-refractivity contribution < 1.29 is 23.2 Å². The summed E-state index contributed by atoms with van der Waals surface area (Å²) in [7, 11) is 0. The molecule has 3 rings (SSSR count). The Kier molecular flexibility index (Phi) is 4.76. The minimum atomic E-state index is -4.78. The highest BCUT2D eigenvalue weighted by atomic mass is 35.5. The van der Waals surface area contributed by atoms with Crippen LogP contribution in [0.15, 0.2) is 40.9 Å². The van der Waals surface area contributed by atoms with Gasteiger partial charge in [-0.2, -0.15) is 13.2 Å². The predicted molar refractivity (Wildman–Crippen MR) is 87.8 cm³/mol. The van der Waals surface area contributed by atoms with Crippen LogP contribution in [0, 0.1) is 0 Å². The average molecular weight is 405 g/mol. The Labute approximate surface area is 154 Å². The fourth-order valence-electron chi connectivity index (χ4n) is 2.45. The lowest BCUT2D eigenvalue weighted by Crippen LogP contribution is -2.42. The molecule has 0 saturated carbocycles. The van der Waals surface area contributed by atoms with E-state index >= 15 is 0 Å². The standard InChI is InChI=1S/C15H9Cl2F3N4O2/c16-10-1-9(2-11(17)3-10)14(15(18,19)20)4-12(24-26-14)8-5-21-13(7-23-25)22-6-8/h1-3,5-7,25H,4H2/b23-7+. The zero-order valence-electron chi connectivity index (χ0n) is 12.7. The third-order valence-electron chi connectivity index (χ3n) is 3.69. The molecule has 1 aliphatic rings. The van der Waals surface area contributed by atoms with Gasteiger partial charge in [0.05, 0.1) is 12.1 Å². The van der Waals surface area contributed by atoms with Gasteiger partial charge in [0.25, 0.3) is 5.60 Å². The van der Waals surface area contributed by atoms with Gasteiger partial charge < -0.3 is 10.0 Å². The maximum absolute atomic E-state index is 13.9. The van der Waals surface area contributed by atoms with Crippen LogP contribution in [0.25, 0.3) is 0 Å². The quantitative estimate of drug-likeness (QED) is 0.472. The van der Waals surface area contributed by atoms with Crippen LogP contribution < -0.4 is 0 Å². The first-order valence-corrected chi connectivity index (χ1v) is 7.79. The molecule has 136 valence electrons. The van der Waals surface area contributed by atoms with E-state index in [4.69, 9.17) is 33.2 Å². The molecule has 2 aromatic rings. The molecule has 11 heteroatoms. The molecule has 0 amide bonds. The Hall–Kier alpha value is -2.39. The summed E-state index contributed by atoms with van der Waals surface area (Å²) >= 11 is 11.7. The molecular formula is C15H9Cl2F3N4O2. The maximum atomic E-state index is 13.9. The Balaban J connectivity index is 1.98. The number of benzene rings is 1. The zero-order valence-corrected chi connectivity index (χ0v) is 14.2.